The molecule has 2 aliphatic carbocycles. The fourth-order valence-corrected chi connectivity index (χ4v) is 13.1. The highest BCUT2D eigenvalue weighted by molar-refractivity contribution is 6.38. The zero-order chi connectivity index (χ0) is 76.9. The molecule has 0 radical (unpaired) electrons. The van der Waals surface area contributed by atoms with Gasteiger partial charge in [0.2, 0.25) is 32.7 Å². The number of aromatic nitrogens is 4. The van der Waals surface area contributed by atoms with Crippen LogP contribution in [0.25, 0.3) is 134 Å². The van der Waals surface area contributed by atoms with Crippen molar-refractivity contribution < 1.29 is 9.90 Å². The van der Waals surface area contributed by atoms with Crippen LogP contribution in [0.4, 0.5) is 11.6 Å². The number of nitrogens with zero attached hydrogens (tertiary/aromatic N) is 10. The Balaban J connectivity index is 0.000000159. The predicted molar refractivity (Wildman–Crippen MR) is 418 cm³/mol. The summed E-state index contributed by atoms with van der Waals surface area (Å²) in [7, 11) is 0. The lowest BCUT2D eigenvalue weighted by molar-refractivity contribution is -0.134. The van der Waals surface area contributed by atoms with Crippen molar-refractivity contribution in [3.05, 3.63) is 228 Å². The third kappa shape index (κ3) is 13.3. The fourth-order valence-electron chi connectivity index (χ4n) is 13.1. The smallest absolute Gasteiger partial charge is 0.300 e. The van der Waals surface area contributed by atoms with Gasteiger partial charge < -0.3 is 31.1 Å². The molecule has 0 amide bonds. The number of carboxylic acids is 1. The third-order valence-electron chi connectivity index (χ3n) is 18.9. The Kier molecular flexibility index (Phi) is 18.6. The third-order valence-corrected chi connectivity index (χ3v) is 18.9. The maximum atomic E-state index is 12.9. The van der Waals surface area contributed by atoms with Gasteiger partial charge in [-0.05, 0) is 147 Å². The Bertz CT molecular complexity index is 5780. The Morgan fingerprint density at radius 3 is 0.808 bits per heavy atom. The molecule has 0 bridgehead atoms. The van der Waals surface area contributed by atoms with Gasteiger partial charge in [-0.25, -0.2) is 9.97 Å². The van der Waals surface area contributed by atoms with Crippen molar-refractivity contribution in [3.63, 3.8) is 0 Å². The maximum absolute atomic E-state index is 12.9. The first kappa shape index (κ1) is 74.1. The summed E-state index contributed by atoms with van der Waals surface area (Å²) in [5.41, 5.74) is 15.5. The van der Waals surface area contributed by atoms with Crippen LogP contribution < -0.4 is 33.2 Å². The summed E-state index contributed by atoms with van der Waals surface area (Å²) in [5.74, 6) is -1.16. The van der Waals surface area contributed by atoms with Crippen molar-refractivity contribution in [2.75, 3.05) is 0 Å². The van der Waals surface area contributed by atoms with E-state index >= 15 is 0 Å². The number of rotatable bonds is 0. The lowest BCUT2D eigenvalue weighted by Crippen LogP contribution is -2.32. The van der Waals surface area contributed by atoms with Crippen LogP contribution in [0.15, 0.2) is 128 Å². The number of fused-ring (bicyclic) bond motifs is 6. The van der Waals surface area contributed by atoms with E-state index in [2.05, 4.69) is 170 Å². The maximum Gasteiger partial charge on any atom is 0.300 e. The number of carbonyl (C=O) groups is 1. The molecule has 0 unspecified atom stereocenters. The van der Waals surface area contributed by atoms with Crippen LogP contribution in [0.1, 0.15) is 176 Å². The van der Waals surface area contributed by atoms with Crippen LogP contribution in [0, 0.1) is 53.7 Å². The number of allylic oxidation sites excluding steroid dienone is 1. The second kappa shape index (κ2) is 26.1. The van der Waals surface area contributed by atoms with E-state index in [0.717, 1.165) is 61.5 Å². The number of aliphatic carboxylic acids is 1. The number of hydrogen-bond acceptors (Lipinski definition) is 14. The molecule has 0 fully saturated rings. The molecule has 0 saturated carbocycles. The molecule has 0 saturated heterocycles. The van der Waals surface area contributed by atoms with E-state index in [-0.39, 0.29) is 88.6 Å². The van der Waals surface area contributed by atoms with Gasteiger partial charge >= 0.3 is 0 Å². The largest absolute Gasteiger partial charge is 0.481 e. The molecule has 5 N–H and O–H groups in total. The molecule has 10 aromatic carbocycles. The van der Waals surface area contributed by atoms with Crippen molar-refractivity contribution in [3.8, 4) is 29.3 Å². The van der Waals surface area contributed by atoms with E-state index in [9.17, 15) is 29.7 Å². The first-order chi connectivity index (χ1) is 48.3. The van der Waals surface area contributed by atoms with Crippen molar-refractivity contribution >= 4 is 126 Å². The normalized spacial score (nSPS) is 12.4. The lowest BCUT2D eigenvalue weighted by Gasteiger charge is -2.24. The molecule has 0 spiro atoms. The summed E-state index contributed by atoms with van der Waals surface area (Å²) in [5, 5.41) is 49.1. The first-order valence-electron chi connectivity index (χ1n) is 33.6. The van der Waals surface area contributed by atoms with Crippen molar-refractivity contribution in [1.29, 1.82) is 15.8 Å². The van der Waals surface area contributed by atoms with Gasteiger partial charge in [-0.1, -0.05) is 193 Å². The Morgan fingerprint density at radius 1 is 0.394 bits per heavy atom. The Hall–Kier alpha value is -12.6. The summed E-state index contributed by atoms with van der Waals surface area (Å²) in [6.45, 7) is 60.8. The van der Waals surface area contributed by atoms with E-state index in [1.165, 1.54) is 49.5 Å². The van der Waals surface area contributed by atoms with Crippen LogP contribution >= 0.6 is 0 Å². The molecule has 14 rings (SSSR count). The zero-order valence-electron chi connectivity index (χ0n) is 61.9. The van der Waals surface area contributed by atoms with Crippen LogP contribution in [0.2, 0.25) is 0 Å². The molecule has 2 aromatic heterocycles. The van der Waals surface area contributed by atoms with E-state index in [4.69, 9.17) is 66.3 Å². The molecule has 2 heterocycles. The highest BCUT2D eigenvalue weighted by Crippen LogP contribution is 2.49. The highest BCUT2D eigenvalue weighted by Gasteiger charge is 2.32. The molecule has 0 aliphatic heterocycles. The molecule has 18 nitrogen and oxygen atoms in total. The number of carboxylic acid groups (broad SMARTS) is 1. The summed E-state index contributed by atoms with van der Waals surface area (Å²) < 4.78 is 0. The van der Waals surface area contributed by atoms with Gasteiger partial charge in [-0.3, -0.25) is 24.0 Å². The Labute approximate surface area is 601 Å². The topological polar surface area (TPSA) is 294 Å². The highest BCUT2D eigenvalue weighted by atomic mass is 16.4. The quantitative estimate of drug-likeness (QED) is 0.0418. The van der Waals surface area contributed by atoms with Crippen LogP contribution in [0.3, 0.4) is 0 Å². The Morgan fingerprint density at radius 2 is 0.615 bits per heavy atom. The minimum atomic E-state index is -0.833. The molecule has 18 heteroatoms. The number of nitriles is 3. The van der Waals surface area contributed by atoms with E-state index in [1.807, 2.05) is 53.7 Å². The molecule has 2 aliphatic rings. The van der Waals surface area contributed by atoms with Gasteiger partial charge in [0.05, 0.1) is 11.0 Å². The summed E-state index contributed by atoms with van der Waals surface area (Å²) >= 11 is 0. The van der Waals surface area contributed by atoms with Gasteiger partial charge in [0.25, 0.3) is 23.4 Å². The van der Waals surface area contributed by atoms with Gasteiger partial charge in [0, 0.05) is 71.9 Å². The van der Waals surface area contributed by atoms with Gasteiger partial charge in [-0.15, -0.1) is 9.97 Å². The monoisotopic (exact) mass is 1370 g/mol. The SMILES string of the molecule is CC(=O)O.CC(C)(C)c1cc2c3c(c1)c(=O)c(=O)c1cc(C(C)(C)C)cc(c1-3)c(=O)c2=O.CC(C)(C)c1cc2ccc3cc(C(C)(C)C)cc4ccc(c1)c2c34.[C-]#[N+]/C(N)=C(/N)C#N.[C-]#[N+]c1nc2c3cc(C(C)(C)C)cc4c5nc(C#N)c(C#N)nc5c5cc(C(C)(C)C)cc(c2nc1[N+]#[C-])c5c43. The van der Waals surface area contributed by atoms with Gasteiger partial charge in [0.1, 0.15) is 23.9 Å². The van der Waals surface area contributed by atoms with Crippen LogP contribution in [0.5, 0.6) is 0 Å². The predicted octanol–water partition coefficient (Wildman–Crippen LogP) is 18.1. The number of nitrogens with two attached hydrogens (primary N) is 2. The molecular weight excluding hydrogens is 1300 g/mol. The molecule has 12 aromatic rings. The van der Waals surface area contributed by atoms with Gasteiger partial charge in [-0.2, -0.15) is 15.8 Å². The standard InChI is InChI=1S/C32H22N8.C24H22O4.C24H26.C4H4N4.C2H4O2/c1-31(2,3)15-9-17-23-19(11-15)27-28(40-30(36-8)29(35-7)39-27)20-12-16(32(4,5)6)10-18(24(20)23)26-25(17)37-21(13-33)22(14-34)38-26;1-23(2,3)11-7-13-17-14(8-11)20(26)22(28)16-10-12(24(4,5)6)9-15(18(16)17)21(27)19(13)25;1-23(2,3)19-11-15-7-9-17-13-20(24(4,5)6)14-18-10-8-16(12-19)21(15)22(17)18;1-8-4(7)3(6)2-5;1-2(3)4/h9-12H,1-6H3;7-10H,1-6H3;7-14H,1-6H3;6-7H2;1H3,(H,3,4)/b;;;4-3+;. The van der Waals surface area contributed by atoms with E-state index in [0.29, 0.717) is 33.2 Å². The van der Waals surface area contributed by atoms with Crippen molar-refractivity contribution in [2.45, 2.75) is 164 Å². The first-order valence-corrected chi connectivity index (χ1v) is 33.6. The summed E-state index contributed by atoms with van der Waals surface area (Å²) in [6, 6.07) is 39.4. The lowest BCUT2D eigenvalue weighted by atomic mass is 9.78. The number of benzene rings is 12. The van der Waals surface area contributed by atoms with Crippen LogP contribution in [-0.4, -0.2) is 31.0 Å². The second-order valence-corrected chi connectivity index (χ2v) is 32.5. The molecule has 104 heavy (non-hydrogen) atoms. The van der Waals surface area contributed by atoms with Gasteiger partial charge in [0.15, 0.2) is 11.4 Å². The zero-order valence-corrected chi connectivity index (χ0v) is 61.9. The van der Waals surface area contributed by atoms with Crippen molar-refractivity contribution in [1.82, 2.24) is 19.9 Å². The van der Waals surface area contributed by atoms with E-state index < -0.39 is 27.7 Å². The molecule has 518 valence electrons. The fraction of sp³-hybridized carbons (Fsp3) is 0.291. The minimum absolute atomic E-state index is 0.0280. The summed E-state index contributed by atoms with van der Waals surface area (Å²) in [4.78, 5) is 89.4. The average Bonchev–Trinajstić information content (AvgIpc) is 0.697. The minimum Gasteiger partial charge on any atom is -0.481 e. The number of hydrogen-bond donors (Lipinski definition) is 3. The summed E-state index contributed by atoms with van der Waals surface area (Å²) in [6.07, 6.45) is 0. The second-order valence-electron chi connectivity index (χ2n) is 32.5. The average molecular weight is 1380 g/mol. The van der Waals surface area contributed by atoms with E-state index in [1.54, 1.807) is 24.3 Å². The molecule has 0 atom stereocenters. The molecular formula is C86H78N12O6. The van der Waals surface area contributed by atoms with Crippen molar-refractivity contribution in [2.24, 2.45) is 11.5 Å². The van der Waals surface area contributed by atoms with Crippen LogP contribution in [-0.2, 0) is 37.3 Å².